The molecule has 0 atom stereocenters. The first kappa shape index (κ1) is 16.9. The molecule has 0 aliphatic heterocycles. The zero-order valence-electron chi connectivity index (χ0n) is 14.6. The van der Waals surface area contributed by atoms with Crippen LogP contribution in [0.5, 0.6) is 11.5 Å². The molecular formula is C24H18FNO. The van der Waals surface area contributed by atoms with Crippen LogP contribution in [0.15, 0.2) is 109 Å². The molecule has 0 aromatic heterocycles. The van der Waals surface area contributed by atoms with E-state index in [0.29, 0.717) is 17.2 Å². The van der Waals surface area contributed by atoms with Crippen molar-refractivity contribution in [3.8, 4) is 11.5 Å². The molecule has 0 bridgehead atoms. The van der Waals surface area contributed by atoms with E-state index in [-0.39, 0.29) is 5.82 Å². The summed E-state index contributed by atoms with van der Waals surface area (Å²) in [4.78, 5) is 2.00. The number of hydrogen-bond donors (Lipinski definition) is 0. The van der Waals surface area contributed by atoms with Crippen LogP contribution in [0.25, 0.3) is 0 Å². The Labute approximate surface area is 158 Å². The Morgan fingerprint density at radius 1 is 0.519 bits per heavy atom. The van der Waals surface area contributed by atoms with E-state index in [4.69, 9.17) is 4.74 Å². The molecule has 4 aromatic rings. The molecule has 0 aliphatic rings. The third kappa shape index (κ3) is 3.98. The van der Waals surface area contributed by atoms with Gasteiger partial charge in [0.1, 0.15) is 17.3 Å². The van der Waals surface area contributed by atoms with Crippen molar-refractivity contribution in [1.29, 1.82) is 0 Å². The van der Waals surface area contributed by atoms with E-state index in [9.17, 15) is 4.39 Å². The smallest absolute Gasteiger partial charge is 0.132 e. The number of rotatable bonds is 5. The third-order valence-corrected chi connectivity index (χ3v) is 4.12. The van der Waals surface area contributed by atoms with E-state index in [1.165, 1.54) is 12.1 Å². The second-order valence-electron chi connectivity index (χ2n) is 6.07. The maximum Gasteiger partial charge on any atom is 0.132 e. The standard InChI is InChI=1S/C24H18FNO/c25-19-16-22(18-24(17-19)27-23-14-8-3-9-15-23)26(20-10-4-1-5-11-20)21-12-6-2-7-13-21/h1-18H. The highest BCUT2D eigenvalue weighted by Gasteiger charge is 2.14. The lowest BCUT2D eigenvalue weighted by atomic mass is 10.2. The number of para-hydroxylation sites is 3. The van der Waals surface area contributed by atoms with Gasteiger partial charge in [-0.25, -0.2) is 4.39 Å². The Morgan fingerprint density at radius 2 is 1.04 bits per heavy atom. The average molecular weight is 355 g/mol. The summed E-state index contributed by atoms with van der Waals surface area (Å²) < 4.78 is 20.3. The number of hydrogen-bond acceptors (Lipinski definition) is 2. The van der Waals surface area contributed by atoms with Gasteiger partial charge in [-0.1, -0.05) is 54.6 Å². The van der Waals surface area contributed by atoms with Gasteiger partial charge < -0.3 is 9.64 Å². The van der Waals surface area contributed by atoms with Crippen LogP contribution in [0.1, 0.15) is 0 Å². The van der Waals surface area contributed by atoms with Crippen LogP contribution >= 0.6 is 0 Å². The SMILES string of the molecule is Fc1cc(Oc2ccccc2)cc(N(c2ccccc2)c2ccccc2)c1. The van der Waals surface area contributed by atoms with Gasteiger partial charge >= 0.3 is 0 Å². The maximum absolute atomic E-state index is 14.4. The van der Waals surface area contributed by atoms with Crippen LogP contribution in [0.4, 0.5) is 21.5 Å². The summed E-state index contributed by atoms with van der Waals surface area (Å²) in [5.41, 5.74) is 2.58. The van der Waals surface area contributed by atoms with Crippen molar-refractivity contribution in [2.75, 3.05) is 4.90 Å². The van der Waals surface area contributed by atoms with Gasteiger partial charge in [0, 0.05) is 23.5 Å². The van der Waals surface area contributed by atoms with Crippen LogP contribution in [0.2, 0.25) is 0 Å². The fourth-order valence-electron chi connectivity index (χ4n) is 2.96. The van der Waals surface area contributed by atoms with E-state index in [0.717, 1.165) is 11.4 Å². The molecule has 0 N–H and O–H groups in total. The fourth-order valence-corrected chi connectivity index (χ4v) is 2.96. The molecule has 4 rings (SSSR count). The van der Waals surface area contributed by atoms with Crippen LogP contribution in [0, 0.1) is 5.82 Å². The highest BCUT2D eigenvalue weighted by Crippen LogP contribution is 2.37. The van der Waals surface area contributed by atoms with E-state index in [2.05, 4.69) is 0 Å². The van der Waals surface area contributed by atoms with Gasteiger partial charge in [-0.3, -0.25) is 0 Å². The second-order valence-corrected chi connectivity index (χ2v) is 6.07. The van der Waals surface area contributed by atoms with Crippen LogP contribution in [0.3, 0.4) is 0 Å². The summed E-state index contributed by atoms with van der Waals surface area (Å²) in [5, 5.41) is 0. The molecule has 3 heteroatoms. The summed E-state index contributed by atoms with van der Waals surface area (Å²) >= 11 is 0. The molecular weight excluding hydrogens is 337 g/mol. The largest absolute Gasteiger partial charge is 0.457 e. The number of benzene rings is 4. The molecule has 132 valence electrons. The number of anilines is 3. The monoisotopic (exact) mass is 355 g/mol. The highest BCUT2D eigenvalue weighted by atomic mass is 19.1. The van der Waals surface area contributed by atoms with E-state index in [1.807, 2.05) is 102 Å². The summed E-state index contributed by atoms with van der Waals surface area (Å²) in [6.07, 6.45) is 0. The molecule has 0 fully saturated rings. The minimum Gasteiger partial charge on any atom is -0.457 e. The Morgan fingerprint density at radius 3 is 1.59 bits per heavy atom. The zero-order valence-corrected chi connectivity index (χ0v) is 14.6. The number of ether oxygens (including phenoxy) is 1. The lowest BCUT2D eigenvalue weighted by molar-refractivity contribution is 0.477. The van der Waals surface area contributed by atoms with Gasteiger partial charge in [-0.15, -0.1) is 0 Å². The lowest BCUT2D eigenvalue weighted by Crippen LogP contribution is -2.10. The quantitative estimate of drug-likeness (QED) is 0.379. The van der Waals surface area contributed by atoms with Crippen LogP contribution in [-0.4, -0.2) is 0 Å². The molecule has 27 heavy (non-hydrogen) atoms. The van der Waals surface area contributed by atoms with Crippen molar-refractivity contribution in [3.63, 3.8) is 0 Å². The van der Waals surface area contributed by atoms with Crippen molar-refractivity contribution in [1.82, 2.24) is 0 Å². The van der Waals surface area contributed by atoms with Gasteiger partial charge in [0.2, 0.25) is 0 Å². The molecule has 0 saturated heterocycles. The predicted molar refractivity (Wildman–Crippen MR) is 108 cm³/mol. The molecule has 0 aliphatic carbocycles. The molecule has 0 heterocycles. The topological polar surface area (TPSA) is 12.5 Å². The van der Waals surface area contributed by atoms with E-state index < -0.39 is 0 Å². The molecule has 0 spiro atoms. The zero-order chi connectivity index (χ0) is 18.5. The van der Waals surface area contributed by atoms with Crippen LogP contribution in [-0.2, 0) is 0 Å². The Hall–Kier alpha value is -3.59. The first-order valence-corrected chi connectivity index (χ1v) is 8.73. The first-order valence-electron chi connectivity index (χ1n) is 8.73. The van der Waals surface area contributed by atoms with Crippen molar-refractivity contribution in [2.24, 2.45) is 0 Å². The second kappa shape index (κ2) is 7.75. The molecule has 0 unspecified atom stereocenters. The van der Waals surface area contributed by atoms with Crippen molar-refractivity contribution in [2.45, 2.75) is 0 Å². The highest BCUT2D eigenvalue weighted by molar-refractivity contribution is 5.77. The Balaban J connectivity index is 1.78. The molecule has 2 nitrogen and oxygen atoms in total. The summed E-state index contributed by atoms with van der Waals surface area (Å²) in [6.45, 7) is 0. The summed E-state index contributed by atoms with van der Waals surface area (Å²) in [5.74, 6) is 0.767. The fraction of sp³-hybridized carbons (Fsp3) is 0. The number of halogens is 1. The van der Waals surface area contributed by atoms with Gasteiger partial charge in [0.05, 0.1) is 5.69 Å². The van der Waals surface area contributed by atoms with Gasteiger partial charge in [-0.2, -0.15) is 0 Å². The molecule has 0 saturated carbocycles. The van der Waals surface area contributed by atoms with Crippen molar-refractivity contribution in [3.05, 3.63) is 115 Å². The summed E-state index contributed by atoms with van der Waals surface area (Å²) in [6, 6.07) is 33.9. The lowest BCUT2D eigenvalue weighted by Gasteiger charge is -2.25. The van der Waals surface area contributed by atoms with E-state index >= 15 is 0 Å². The van der Waals surface area contributed by atoms with Crippen molar-refractivity contribution >= 4 is 17.1 Å². The molecule has 4 aromatic carbocycles. The Bertz CT molecular complexity index is 965. The van der Waals surface area contributed by atoms with Gasteiger partial charge in [0.25, 0.3) is 0 Å². The minimum atomic E-state index is -0.352. The van der Waals surface area contributed by atoms with E-state index in [1.54, 1.807) is 0 Å². The number of nitrogens with zero attached hydrogens (tertiary/aromatic N) is 1. The van der Waals surface area contributed by atoms with Gasteiger partial charge in [-0.05, 0) is 42.5 Å². The molecule has 0 amide bonds. The Kier molecular flexibility index (Phi) is 4.84. The van der Waals surface area contributed by atoms with Crippen molar-refractivity contribution < 1.29 is 9.13 Å². The first-order chi connectivity index (χ1) is 13.3. The predicted octanol–water partition coefficient (Wildman–Crippen LogP) is 7.09. The van der Waals surface area contributed by atoms with Gasteiger partial charge in [0.15, 0.2) is 0 Å². The normalized spacial score (nSPS) is 10.4. The van der Waals surface area contributed by atoms with Crippen LogP contribution < -0.4 is 9.64 Å². The molecule has 0 radical (unpaired) electrons. The maximum atomic E-state index is 14.4. The third-order valence-electron chi connectivity index (χ3n) is 4.12. The minimum absolute atomic E-state index is 0.352. The summed E-state index contributed by atoms with van der Waals surface area (Å²) in [7, 11) is 0. The average Bonchev–Trinajstić information content (AvgIpc) is 2.70.